The van der Waals surface area contributed by atoms with E-state index in [1.54, 1.807) is 18.7 Å². The lowest BCUT2D eigenvalue weighted by molar-refractivity contribution is 0.0356. The van der Waals surface area contributed by atoms with Crippen molar-refractivity contribution in [1.29, 1.82) is 0 Å². The first-order valence-corrected chi connectivity index (χ1v) is 8.22. The molecule has 5 heteroatoms. The van der Waals surface area contributed by atoms with Crippen molar-refractivity contribution in [3.63, 3.8) is 0 Å². The maximum absolute atomic E-state index is 12.7. The Morgan fingerprint density at radius 1 is 1.26 bits per heavy atom. The Kier molecular flexibility index (Phi) is 5.79. The minimum absolute atomic E-state index is 0.0141. The zero-order valence-electron chi connectivity index (χ0n) is 14.3. The van der Waals surface area contributed by atoms with Gasteiger partial charge in [0.2, 0.25) is 0 Å². The van der Waals surface area contributed by atoms with Gasteiger partial charge >= 0.3 is 0 Å². The fraction of sp³-hybridized carbons (Fsp3) is 0.611. The van der Waals surface area contributed by atoms with Crippen LogP contribution in [0.3, 0.4) is 0 Å². The number of carbonyl (C=O) groups is 1. The molecule has 5 nitrogen and oxygen atoms in total. The third-order valence-electron chi connectivity index (χ3n) is 4.38. The van der Waals surface area contributed by atoms with E-state index >= 15 is 0 Å². The molecule has 0 saturated carbocycles. The Morgan fingerprint density at radius 2 is 1.91 bits per heavy atom. The number of amides is 1. The molecule has 1 atom stereocenters. The van der Waals surface area contributed by atoms with Crippen LogP contribution in [0.4, 0.5) is 0 Å². The number of hydrogen-bond donors (Lipinski definition) is 2. The van der Waals surface area contributed by atoms with E-state index < -0.39 is 5.60 Å². The molecule has 1 fully saturated rings. The largest absolute Gasteiger partial charge is 0.394 e. The summed E-state index contributed by atoms with van der Waals surface area (Å²) in [5, 5.41) is 19.3. The SMILES string of the molecule is CN1CCN(C(=O)c2ccc(CCC(C)(C)O)cc2)C(CO)C1. The summed E-state index contributed by atoms with van der Waals surface area (Å²) in [6.45, 7) is 5.75. The zero-order valence-corrected chi connectivity index (χ0v) is 14.3. The number of aliphatic hydroxyl groups excluding tert-OH is 1. The quantitative estimate of drug-likeness (QED) is 0.854. The number of aryl methyl sites for hydroxylation is 1. The summed E-state index contributed by atoms with van der Waals surface area (Å²) in [6, 6.07) is 7.44. The first-order valence-electron chi connectivity index (χ1n) is 8.22. The highest BCUT2D eigenvalue weighted by Crippen LogP contribution is 2.17. The van der Waals surface area contributed by atoms with Gasteiger partial charge in [-0.05, 0) is 51.4 Å². The number of likely N-dealkylation sites (N-methyl/N-ethyl adjacent to an activating group) is 1. The lowest BCUT2D eigenvalue weighted by atomic mass is 9.98. The second-order valence-electron chi connectivity index (χ2n) is 7.11. The normalized spacial score (nSPS) is 19.9. The van der Waals surface area contributed by atoms with E-state index in [0.29, 0.717) is 25.1 Å². The van der Waals surface area contributed by atoms with Crippen molar-refractivity contribution in [3.05, 3.63) is 35.4 Å². The standard InChI is InChI=1S/C18H28N2O3/c1-18(2,23)9-8-14-4-6-15(7-5-14)17(22)20-11-10-19(3)12-16(20)13-21/h4-7,16,21,23H,8-13H2,1-3H3. The van der Waals surface area contributed by atoms with Crippen molar-refractivity contribution < 1.29 is 15.0 Å². The van der Waals surface area contributed by atoms with Crippen LogP contribution in [0.2, 0.25) is 0 Å². The molecule has 1 unspecified atom stereocenters. The highest BCUT2D eigenvalue weighted by molar-refractivity contribution is 5.94. The first-order chi connectivity index (χ1) is 10.8. The molecular formula is C18H28N2O3. The molecule has 0 bridgehead atoms. The van der Waals surface area contributed by atoms with Gasteiger partial charge in [0.15, 0.2) is 0 Å². The van der Waals surface area contributed by atoms with Gasteiger partial charge in [0, 0.05) is 25.2 Å². The lowest BCUT2D eigenvalue weighted by Gasteiger charge is -2.39. The molecule has 1 amide bonds. The van der Waals surface area contributed by atoms with Crippen molar-refractivity contribution in [2.24, 2.45) is 0 Å². The van der Waals surface area contributed by atoms with Crippen LogP contribution >= 0.6 is 0 Å². The highest BCUT2D eigenvalue weighted by Gasteiger charge is 2.29. The number of rotatable bonds is 5. The molecule has 0 aromatic heterocycles. The molecule has 1 aliphatic rings. The number of nitrogens with zero attached hydrogens (tertiary/aromatic N) is 2. The Hall–Kier alpha value is -1.43. The van der Waals surface area contributed by atoms with E-state index in [-0.39, 0.29) is 18.6 Å². The predicted molar refractivity (Wildman–Crippen MR) is 90.5 cm³/mol. The number of benzene rings is 1. The summed E-state index contributed by atoms with van der Waals surface area (Å²) >= 11 is 0. The number of carbonyl (C=O) groups excluding carboxylic acids is 1. The monoisotopic (exact) mass is 320 g/mol. The summed E-state index contributed by atoms with van der Waals surface area (Å²) in [4.78, 5) is 16.6. The molecule has 2 rings (SSSR count). The summed E-state index contributed by atoms with van der Waals surface area (Å²) in [5.41, 5.74) is 1.09. The number of aliphatic hydroxyl groups is 2. The lowest BCUT2D eigenvalue weighted by Crippen LogP contribution is -2.55. The maximum atomic E-state index is 12.7. The summed E-state index contributed by atoms with van der Waals surface area (Å²) in [5.74, 6) is -0.0220. The summed E-state index contributed by atoms with van der Waals surface area (Å²) < 4.78 is 0. The van der Waals surface area contributed by atoms with Gasteiger partial charge < -0.3 is 20.0 Å². The van der Waals surface area contributed by atoms with Crippen LogP contribution in [0.15, 0.2) is 24.3 Å². The second kappa shape index (κ2) is 7.43. The second-order valence-corrected chi connectivity index (χ2v) is 7.11. The Labute approximate surface area is 138 Å². The Bertz CT molecular complexity index is 522. The molecule has 0 radical (unpaired) electrons. The average molecular weight is 320 g/mol. The van der Waals surface area contributed by atoms with E-state index in [9.17, 15) is 15.0 Å². The molecular weight excluding hydrogens is 292 g/mol. The maximum Gasteiger partial charge on any atom is 0.254 e. The van der Waals surface area contributed by atoms with Crippen LogP contribution < -0.4 is 0 Å². The molecule has 2 N–H and O–H groups in total. The minimum Gasteiger partial charge on any atom is -0.394 e. The molecule has 0 aliphatic carbocycles. The van der Waals surface area contributed by atoms with E-state index in [2.05, 4.69) is 4.90 Å². The van der Waals surface area contributed by atoms with Gasteiger partial charge in [-0.2, -0.15) is 0 Å². The molecule has 23 heavy (non-hydrogen) atoms. The van der Waals surface area contributed by atoms with E-state index in [1.807, 2.05) is 31.3 Å². The fourth-order valence-corrected chi connectivity index (χ4v) is 2.86. The van der Waals surface area contributed by atoms with Gasteiger partial charge in [0.25, 0.3) is 5.91 Å². The Morgan fingerprint density at radius 3 is 2.48 bits per heavy atom. The first kappa shape index (κ1) is 17.9. The molecule has 1 saturated heterocycles. The van der Waals surface area contributed by atoms with Crippen molar-refractivity contribution >= 4 is 5.91 Å². The molecule has 1 aliphatic heterocycles. The van der Waals surface area contributed by atoms with Crippen molar-refractivity contribution in [2.45, 2.75) is 38.3 Å². The Balaban J connectivity index is 2.02. The van der Waals surface area contributed by atoms with Gasteiger partial charge in [-0.1, -0.05) is 12.1 Å². The van der Waals surface area contributed by atoms with E-state index in [1.165, 1.54) is 0 Å². The number of piperazine rings is 1. The molecule has 1 aromatic carbocycles. The fourth-order valence-electron chi connectivity index (χ4n) is 2.86. The smallest absolute Gasteiger partial charge is 0.254 e. The minimum atomic E-state index is -0.678. The van der Waals surface area contributed by atoms with Crippen molar-refractivity contribution in [1.82, 2.24) is 9.80 Å². The van der Waals surface area contributed by atoms with Crippen molar-refractivity contribution in [3.8, 4) is 0 Å². The highest BCUT2D eigenvalue weighted by atomic mass is 16.3. The third-order valence-corrected chi connectivity index (χ3v) is 4.38. The molecule has 1 aromatic rings. The van der Waals surface area contributed by atoms with Crippen LogP contribution in [0, 0.1) is 0 Å². The molecule has 0 spiro atoms. The topological polar surface area (TPSA) is 64.0 Å². The van der Waals surface area contributed by atoms with Gasteiger partial charge in [0.1, 0.15) is 0 Å². The van der Waals surface area contributed by atoms with Gasteiger partial charge in [-0.25, -0.2) is 0 Å². The van der Waals surface area contributed by atoms with Crippen LogP contribution in [0.25, 0.3) is 0 Å². The van der Waals surface area contributed by atoms with Gasteiger partial charge in [-0.15, -0.1) is 0 Å². The molecule has 128 valence electrons. The van der Waals surface area contributed by atoms with Crippen LogP contribution in [0.5, 0.6) is 0 Å². The van der Waals surface area contributed by atoms with Crippen molar-refractivity contribution in [2.75, 3.05) is 33.3 Å². The summed E-state index contributed by atoms with van der Waals surface area (Å²) in [7, 11) is 2.00. The van der Waals surface area contributed by atoms with E-state index in [0.717, 1.165) is 18.5 Å². The summed E-state index contributed by atoms with van der Waals surface area (Å²) in [6.07, 6.45) is 1.47. The molecule has 1 heterocycles. The average Bonchev–Trinajstić information content (AvgIpc) is 2.52. The van der Waals surface area contributed by atoms with Crippen LogP contribution in [-0.2, 0) is 6.42 Å². The van der Waals surface area contributed by atoms with E-state index in [4.69, 9.17) is 0 Å². The van der Waals surface area contributed by atoms with Gasteiger partial charge in [-0.3, -0.25) is 4.79 Å². The predicted octanol–water partition coefficient (Wildman–Crippen LogP) is 1.14. The van der Waals surface area contributed by atoms with Gasteiger partial charge in [0.05, 0.1) is 18.2 Å². The third kappa shape index (κ3) is 5.03. The van der Waals surface area contributed by atoms with Crippen LogP contribution in [0.1, 0.15) is 36.2 Å². The zero-order chi connectivity index (χ0) is 17.0. The van der Waals surface area contributed by atoms with Crippen LogP contribution in [-0.4, -0.2) is 70.9 Å². The number of hydrogen-bond acceptors (Lipinski definition) is 4.